The van der Waals surface area contributed by atoms with Crippen molar-refractivity contribution in [2.75, 3.05) is 5.75 Å². The van der Waals surface area contributed by atoms with E-state index in [2.05, 4.69) is 23.3 Å². The first-order valence-corrected chi connectivity index (χ1v) is 12.4. The number of hydrogen-bond donors (Lipinski definition) is 3. The molecular weight excluding hydrogens is 462 g/mol. The average Bonchev–Trinajstić information content (AvgIpc) is 2.79. The number of benzene rings is 2. The highest BCUT2D eigenvalue weighted by Gasteiger charge is 2.37. The summed E-state index contributed by atoms with van der Waals surface area (Å²) >= 11 is 4.30. The Hall–Kier alpha value is -3.00. The Labute approximate surface area is 214 Å². The molecule has 2 atom stereocenters. The van der Waals surface area contributed by atoms with Crippen molar-refractivity contribution in [2.24, 2.45) is 0 Å². The van der Waals surface area contributed by atoms with Crippen LogP contribution in [0.5, 0.6) is 0 Å². The van der Waals surface area contributed by atoms with Crippen molar-refractivity contribution in [2.45, 2.75) is 71.8 Å². The molecule has 0 radical (unpaired) electrons. The molecule has 0 bridgehead atoms. The zero-order chi connectivity index (χ0) is 26.2. The van der Waals surface area contributed by atoms with Crippen molar-refractivity contribution >= 4 is 30.5 Å². The van der Waals surface area contributed by atoms with Gasteiger partial charge in [0.15, 0.2) is 0 Å². The number of carbonyl (C=O) groups is 3. The number of aryl methyl sites for hydroxylation is 1. The van der Waals surface area contributed by atoms with Gasteiger partial charge in [0, 0.05) is 18.3 Å². The van der Waals surface area contributed by atoms with Crippen molar-refractivity contribution in [1.29, 1.82) is 0 Å². The van der Waals surface area contributed by atoms with Gasteiger partial charge in [-0.15, -0.1) is 0 Å². The summed E-state index contributed by atoms with van der Waals surface area (Å²) in [5, 5.41) is 5.60. The van der Waals surface area contributed by atoms with Crippen molar-refractivity contribution in [3.05, 3.63) is 71.3 Å². The number of amides is 3. The van der Waals surface area contributed by atoms with E-state index < -0.39 is 29.7 Å². The minimum atomic E-state index is -0.968. The molecule has 190 valence electrons. The lowest BCUT2D eigenvalue weighted by Crippen LogP contribution is -2.55. The van der Waals surface area contributed by atoms with E-state index in [0.717, 1.165) is 16.7 Å². The molecule has 2 aromatic rings. The summed E-state index contributed by atoms with van der Waals surface area (Å²) in [4.78, 5) is 41.3. The number of nitrogens with one attached hydrogen (secondary N) is 2. The van der Waals surface area contributed by atoms with E-state index in [9.17, 15) is 14.4 Å². The first-order valence-electron chi connectivity index (χ1n) is 11.7. The van der Waals surface area contributed by atoms with Gasteiger partial charge in [0.25, 0.3) is 0 Å². The van der Waals surface area contributed by atoms with Crippen LogP contribution >= 0.6 is 12.6 Å². The fourth-order valence-electron chi connectivity index (χ4n) is 3.69. The molecule has 35 heavy (non-hydrogen) atoms. The molecule has 0 saturated carbocycles. The number of nitrogens with zero attached hydrogens (tertiary/aromatic N) is 1. The third kappa shape index (κ3) is 8.31. The summed E-state index contributed by atoms with van der Waals surface area (Å²) in [6.45, 7) is 11.2. The van der Waals surface area contributed by atoms with E-state index in [0.29, 0.717) is 6.54 Å². The molecule has 0 aromatic heterocycles. The number of ether oxygens (including phenoxy) is 1. The summed E-state index contributed by atoms with van der Waals surface area (Å²) in [6.07, 6.45) is -0.713. The molecule has 3 amide bonds. The maximum Gasteiger partial charge on any atom is 0.408 e. The van der Waals surface area contributed by atoms with Crippen LogP contribution in [0.4, 0.5) is 4.79 Å². The van der Waals surface area contributed by atoms with Gasteiger partial charge >= 0.3 is 6.09 Å². The van der Waals surface area contributed by atoms with Crippen LogP contribution in [-0.4, -0.2) is 46.2 Å². The number of alkyl carbamates (subject to hydrolysis) is 1. The molecule has 7 nitrogen and oxygen atoms in total. The third-order valence-corrected chi connectivity index (χ3v) is 5.67. The molecule has 0 fully saturated rings. The van der Waals surface area contributed by atoms with Crippen LogP contribution in [0.1, 0.15) is 57.4 Å². The highest BCUT2D eigenvalue weighted by molar-refractivity contribution is 7.80. The fraction of sp³-hybridized carbons (Fsp3) is 0.444. The number of thiol groups is 1. The minimum absolute atomic E-state index is 0.0490. The van der Waals surface area contributed by atoms with Crippen LogP contribution in [0.3, 0.4) is 0 Å². The normalized spacial score (nSPS) is 13.0. The number of carbonyl (C=O) groups excluding carboxylic acids is 3. The minimum Gasteiger partial charge on any atom is -0.444 e. The van der Waals surface area contributed by atoms with Crippen LogP contribution in [0, 0.1) is 6.92 Å². The highest BCUT2D eigenvalue weighted by Crippen LogP contribution is 2.27. The summed E-state index contributed by atoms with van der Waals surface area (Å²) in [7, 11) is 0. The van der Waals surface area contributed by atoms with E-state index in [-0.39, 0.29) is 17.7 Å². The van der Waals surface area contributed by atoms with Gasteiger partial charge in [-0.2, -0.15) is 12.6 Å². The molecule has 8 heteroatoms. The molecule has 2 N–H and O–H groups in total. The number of hydrogen-bond acceptors (Lipinski definition) is 5. The number of rotatable bonds is 9. The molecule has 0 aliphatic rings. The molecule has 0 spiro atoms. The van der Waals surface area contributed by atoms with Gasteiger partial charge in [-0.1, -0.05) is 54.6 Å². The fourth-order valence-corrected chi connectivity index (χ4v) is 3.94. The Kier molecular flexibility index (Phi) is 10.2. The van der Waals surface area contributed by atoms with Crippen LogP contribution in [0.25, 0.3) is 0 Å². The van der Waals surface area contributed by atoms with Gasteiger partial charge in [-0.05, 0) is 58.2 Å². The SMILES string of the molecule is Cc1ccccc1C(C(=O)NCc1ccccc1)N(C(=O)C(CS)NC(=O)OC(C)(C)C)C(C)C. The summed E-state index contributed by atoms with van der Waals surface area (Å²) in [5.41, 5.74) is 1.84. The van der Waals surface area contributed by atoms with Crippen LogP contribution < -0.4 is 10.6 Å². The van der Waals surface area contributed by atoms with Gasteiger partial charge in [0.05, 0.1) is 0 Å². The molecule has 0 aliphatic carbocycles. The Bertz CT molecular complexity index is 1000. The molecule has 2 rings (SSSR count). The monoisotopic (exact) mass is 499 g/mol. The van der Waals surface area contributed by atoms with Crippen molar-refractivity contribution in [3.63, 3.8) is 0 Å². The molecule has 2 aromatic carbocycles. The van der Waals surface area contributed by atoms with Gasteiger partial charge < -0.3 is 20.3 Å². The van der Waals surface area contributed by atoms with Crippen LogP contribution in [0.2, 0.25) is 0 Å². The van der Waals surface area contributed by atoms with Crippen molar-refractivity contribution < 1.29 is 19.1 Å². The van der Waals surface area contributed by atoms with Crippen molar-refractivity contribution in [3.8, 4) is 0 Å². The van der Waals surface area contributed by atoms with E-state index in [1.54, 1.807) is 20.8 Å². The smallest absolute Gasteiger partial charge is 0.408 e. The maximum atomic E-state index is 13.7. The maximum absolute atomic E-state index is 13.7. The second kappa shape index (κ2) is 12.6. The quantitative estimate of drug-likeness (QED) is 0.446. The predicted octanol–water partition coefficient (Wildman–Crippen LogP) is 4.41. The zero-order valence-corrected chi connectivity index (χ0v) is 22.3. The Morgan fingerprint density at radius 3 is 2.14 bits per heavy atom. The topological polar surface area (TPSA) is 87.7 Å². The van der Waals surface area contributed by atoms with E-state index in [1.165, 1.54) is 4.90 Å². The third-order valence-electron chi connectivity index (χ3n) is 5.30. The van der Waals surface area contributed by atoms with Crippen molar-refractivity contribution in [1.82, 2.24) is 15.5 Å². The van der Waals surface area contributed by atoms with Gasteiger partial charge in [-0.25, -0.2) is 4.79 Å². The first-order chi connectivity index (χ1) is 16.4. The standard InChI is InChI=1S/C27H37N3O4S/c1-18(2)30(25(32)22(17-35)29-26(33)34-27(4,5)6)23(21-15-11-10-12-19(21)3)24(31)28-16-20-13-8-7-9-14-20/h7-15,18,22-23,35H,16-17H2,1-6H3,(H,28,31)(H,29,33). The zero-order valence-electron chi connectivity index (χ0n) is 21.4. The second-order valence-corrected chi connectivity index (χ2v) is 10.0. The molecule has 0 saturated heterocycles. The average molecular weight is 500 g/mol. The van der Waals surface area contributed by atoms with Crippen LogP contribution in [-0.2, 0) is 20.9 Å². The Morgan fingerprint density at radius 2 is 1.60 bits per heavy atom. The van der Waals surface area contributed by atoms with E-state index in [4.69, 9.17) is 4.74 Å². The van der Waals surface area contributed by atoms with Crippen LogP contribution in [0.15, 0.2) is 54.6 Å². The van der Waals surface area contributed by atoms with E-state index in [1.807, 2.05) is 75.4 Å². The Morgan fingerprint density at radius 1 is 1.00 bits per heavy atom. The van der Waals surface area contributed by atoms with E-state index >= 15 is 0 Å². The molecule has 2 unspecified atom stereocenters. The van der Waals surface area contributed by atoms with Gasteiger partial charge in [-0.3, -0.25) is 9.59 Å². The predicted molar refractivity (Wildman–Crippen MR) is 141 cm³/mol. The lowest BCUT2D eigenvalue weighted by molar-refractivity contribution is -0.144. The summed E-state index contributed by atoms with van der Waals surface area (Å²) < 4.78 is 5.33. The molecular formula is C27H37N3O4S. The second-order valence-electron chi connectivity index (χ2n) is 9.68. The summed E-state index contributed by atoms with van der Waals surface area (Å²) in [5.74, 6) is -0.669. The highest BCUT2D eigenvalue weighted by atomic mass is 32.1. The Balaban J connectivity index is 2.39. The first kappa shape index (κ1) is 28.2. The summed E-state index contributed by atoms with van der Waals surface area (Å²) in [6, 6.07) is 14.9. The van der Waals surface area contributed by atoms with Gasteiger partial charge in [0.1, 0.15) is 17.7 Å². The lowest BCUT2D eigenvalue weighted by Gasteiger charge is -2.37. The largest absolute Gasteiger partial charge is 0.444 e. The lowest BCUT2D eigenvalue weighted by atomic mass is 9.97. The molecule has 0 heterocycles. The molecule has 0 aliphatic heterocycles. The van der Waals surface area contributed by atoms with Gasteiger partial charge in [0.2, 0.25) is 11.8 Å².